The minimum absolute atomic E-state index is 0. The summed E-state index contributed by atoms with van der Waals surface area (Å²) in [6.07, 6.45) is 14.4. The van der Waals surface area contributed by atoms with Crippen LogP contribution < -0.4 is 37.3 Å². The highest BCUT2D eigenvalue weighted by atomic mass is 79.9. The van der Waals surface area contributed by atoms with E-state index in [0.717, 1.165) is 11.1 Å². The summed E-state index contributed by atoms with van der Waals surface area (Å²) in [7, 11) is 13.0. The normalized spacial score (nSPS) is 14.7. The molecule has 5 aromatic carbocycles. The van der Waals surface area contributed by atoms with E-state index in [2.05, 4.69) is 289 Å². The minimum Gasteiger partial charge on any atom is -1.00 e. The number of carbonyl (C=O) groups is 1. The number of allylic oxidation sites excluding steroid dienone is 10. The quantitative estimate of drug-likeness (QED) is 0.0941. The molecule has 84 heavy (non-hydrogen) atoms. The molecule has 0 aromatic heterocycles. The number of halogens is 2. The summed E-state index contributed by atoms with van der Waals surface area (Å²) < 4.78 is 10.8. The molecule has 0 saturated heterocycles. The smallest absolute Gasteiger partial charge is 0.373 e. The second kappa shape index (κ2) is 28.2. The SMILES string of the molecule is Cc1ccc(C(C)(C)C)cc1Br.Cc1ccc(C(C)(C)C)cc1C1=C2C=CC(=[N+](C)C)C=C2[Si](C)(C)c2cc(N(C)C)ccc21.Cc1ccc(OC=O)cc1C1=C2C=CC(=[N+](C)C)C=C2[Si](C)(C)c2cc(N(C)C)ccc21.O=C=O.O=C=O.[Cl-]. The molecule has 4 aliphatic rings. The molecule has 0 atom stereocenters. The average Bonchev–Trinajstić information content (AvgIpc) is 0.803. The fraction of sp³-hybridized carbons (Fsp3) is 0.329. The maximum absolute atomic E-state index is 11.0. The van der Waals surface area contributed by atoms with Gasteiger partial charge >= 0.3 is 12.3 Å². The lowest BCUT2D eigenvalue weighted by molar-refractivity contribution is -0.462. The van der Waals surface area contributed by atoms with E-state index in [4.69, 9.17) is 23.9 Å². The molecule has 9 rings (SSSR count). The third-order valence-corrected chi connectivity index (χ3v) is 23.8. The van der Waals surface area contributed by atoms with E-state index in [-0.39, 0.29) is 35.5 Å². The molecular weight excluding hydrogens is 1160 g/mol. The molecule has 0 N–H and O–H groups in total. The molecule has 0 spiro atoms. The van der Waals surface area contributed by atoms with E-state index in [1.807, 2.05) is 18.2 Å². The van der Waals surface area contributed by atoms with Gasteiger partial charge in [-0.1, -0.05) is 132 Å². The summed E-state index contributed by atoms with van der Waals surface area (Å²) in [6, 6.07) is 33.4. The van der Waals surface area contributed by atoms with Crippen LogP contribution in [0.2, 0.25) is 26.2 Å². The Morgan fingerprint density at radius 1 is 0.512 bits per heavy atom. The van der Waals surface area contributed by atoms with Gasteiger partial charge < -0.3 is 26.9 Å². The minimum atomic E-state index is -1.97. The Hall–Kier alpha value is -7.09. The zero-order valence-corrected chi connectivity index (χ0v) is 57.5. The maximum Gasteiger partial charge on any atom is 0.373 e. The van der Waals surface area contributed by atoms with Crippen LogP contribution in [0.5, 0.6) is 5.75 Å². The highest BCUT2D eigenvalue weighted by Gasteiger charge is 2.42. The van der Waals surface area contributed by atoms with Gasteiger partial charge in [-0.05, 0) is 179 Å². The maximum atomic E-state index is 11.0. The Morgan fingerprint density at radius 3 is 1.24 bits per heavy atom. The van der Waals surface area contributed by atoms with Crippen molar-refractivity contribution in [3.05, 3.63) is 204 Å². The monoisotopic (exact) mass is 1250 g/mol. The zero-order valence-electron chi connectivity index (χ0n) is 53.2. The number of anilines is 2. The second-order valence-corrected chi connectivity index (χ2v) is 34.9. The van der Waals surface area contributed by atoms with Gasteiger partial charge in [0.05, 0.1) is 0 Å². The van der Waals surface area contributed by atoms with Gasteiger partial charge in [0.1, 0.15) is 50.1 Å². The molecule has 10 nitrogen and oxygen atoms in total. The number of nitrogens with zero attached hydrogens (tertiary/aromatic N) is 4. The number of ether oxygens (including phenoxy) is 1. The Morgan fingerprint density at radius 2 is 0.881 bits per heavy atom. The number of aryl methyl sites for hydroxylation is 3. The lowest BCUT2D eigenvalue weighted by Crippen LogP contribution is -3.00. The summed E-state index contributed by atoms with van der Waals surface area (Å²) >= 11 is 3.54. The predicted octanol–water partition coefficient (Wildman–Crippen LogP) is 9.81. The van der Waals surface area contributed by atoms with Crippen LogP contribution in [-0.2, 0) is 34.8 Å². The molecule has 0 amide bonds. The first-order chi connectivity index (χ1) is 38.7. The lowest BCUT2D eigenvalue weighted by atomic mass is 9.81. The molecule has 14 heteroatoms. The van der Waals surface area contributed by atoms with Crippen molar-refractivity contribution in [1.82, 2.24) is 0 Å². The number of benzene rings is 5. The van der Waals surface area contributed by atoms with Crippen molar-refractivity contribution in [3.8, 4) is 5.75 Å². The molecule has 442 valence electrons. The van der Waals surface area contributed by atoms with Gasteiger partial charge in [-0.2, -0.15) is 19.2 Å². The highest BCUT2D eigenvalue weighted by molar-refractivity contribution is 9.10. The van der Waals surface area contributed by atoms with Gasteiger partial charge in [0.15, 0.2) is 11.4 Å². The predicted molar refractivity (Wildman–Crippen MR) is 352 cm³/mol. The van der Waals surface area contributed by atoms with E-state index in [1.165, 1.54) is 109 Å². The molecule has 0 fully saturated rings. The third-order valence-electron chi connectivity index (χ3n) is 15.9. The van der Waals surface area contributed by atoms with Crippen LogP contribution in [0, 0.1) is 20.8 Å². The van der Waals surface area contributed by atoms with Crippen LogP contribution in [0.25, 0.3) is 11.1 Å². The van der Waals surface area contributed by atoms with Gasteiger partial charge in [0.2, 0.25) is 0 Å². The van der Waals surface area contributed by atoms with Crippen molar-refractivity contribution in [2.24, 2.45) is 0 Å². The fourth-order valence-electron chi connectivity index (χ4n) is 10.8. The summed E-state index contributed by atoms with van der Waals surface area (Å²) in [6.45, 7) is 30.5. The van der Waals surface area contributed by atoms with Crippen molar-refractivity contribution in [3.63, 3.8) is 0 Å². The lowest BCUT2D eigenvalue weighted by Gasteiger charge is -2.38. The summed E-state index contributed by atoms with van der Waals surface area (Å²) in [4.78, 5) is 47.9. The third kappa shape index (κ3) is 15.4. The fourth-order valence-corrected chi connectivity index (χ4v) is 17.3. The average molecular weight is 1250 g/mol. The molecule has 5 aromatic rings. The Balaban J connectivity index is 0.000000278. The van der Waals surface area contributed by atoms with Crippen molar-refractivity contribution in [2.45, 2.75) is 99.3 Å². The van der Waals surface area contributed by atoms with E-state index >= 15 is 0 Å². The topological polar surface area (TPSA) is 107 Å². The Labute approximate surface area is 517 Å². The van der Waals surface area contributed by atoms with Gasteiger partial charge in [-0.25, -0.2) is 9.15 Å². The van der Waals surface area contributed by atoms with E-state index in [9.17, 15) is 4.79 Å². The first-order valence-electron chi connectivity index (χ1n) is 27.8. The molecule has 2 aliphatic heterocycles. The number of hydrogen-bond acceptors (Lipinski definition) is 8. The molecule has 2 heterocycles. The van der Waals surface area contributed by atoms with Crippen LogP contribution >= 0.6 is 15.9 Å². The first-order valence-corrected chi connectivity index (χ1v) is 34.6. The Kier molecular flexibility index (Phi) is 23.3. The van der Waals surface area contributed by atoms with Gasteiger partial charge in [-0.3, -0.25) is 4.79 Å². The standard InChI is InChI=1S/C30H39N2Si.C27H31N2O2Si.C11H15Br.2CO2.ClH/c1-20-11-12-21(30(2,3)4)17-26(20)29-24-15-13-22(31(5)6)18-27(24)33(9,10)28-19-23(32(7)8)14-16-25(28)29;1-18-8-11-21(31-17-30)16-24(18)27-22-12-9-19(28(2)3)14-25(22)32(6,7)26-15-20(29(4)5)10-13-23(26)27;1-8-5-6-9(7-10(8)12)11(2,3)4;2*2-1-3;/h11-19H,1-10H3;8-17H,1-7H3;5-7H,1-4H3;;;1H/q2*+1;;;;/p-1. The van der Waals surface area contributed by atoms with E-state index in [0.29, 0.717) is 12.2 Å². The number of hydrogen-bond donors (Lipinski definition) is 0. The summed E-state index contributed by atoms with van der Waals surface area (Å²) in [5, 5.41) is 5.94. The van der Waals surface area contributed by atoms with Gasteiger partial charge in [0, 0.05) is 68.3 Å². The van der Waals surface area contributed by atoms with E-state index < -0.39 is 16.1 Å². The van der Waals surface area contributed by atoms with Crippen molar-refractivity contribution in [1.29, 1.82) is 0 Å². The summed E-state index contributed by atoms with van der Waals surface area (Å²) in [5.41, 5.74) is 22.4. The molecule has 0 saturated carbocycles. The summed E-state index contributed by atoms with van der Waals surface area (Å²) in [5.74, 6) is 0.563. The van der Waals surface area contributed by atoms with Crippen molar-refractivity contribution in [2.75, 3.05) is 66.2 Å². The molecular formula is C70H85BrClN4O6Si2+. The zero-order chi connectivity index (χ0) is 62.3. The highest BCUT2D eigenvalue weighted by Crippen LogP contribution is 2.45. The molecule has 0 radical (unpaired) electrons. The largest absolute Gasteiger partial charge is 1.00 e. The van der Waals surface area contributed by atoms with Crippen LogP contribution in [-0.4, -0.2) is 112 Å². The van der Waals surface area contributed by atoms with Gasteiger partial charge in [-0.15, -0.1) is 0 Å². The number of fused-ring (bicyclic) bond motifs is 4. The van der Waals surface area contributed by atoms with E-state index in [1.54, 1.807) is 0 Å². The van der Waals surface area contributed by atoms with Crippen molar-refractivity contribution < 1.29 is 50.3 Å². The molecule has 0 unspecified atom stereocenters. The van der Waals surface area contributed by atoms with Crippen LogP contribution in [0.3, 0.4) is 0 Å². The number of rotatable bonds is 6. The van der Waals surface area contributed by atoms with Crippen LogP contribution in [0.4, 0.5) is 11.4 Å². The number of carbonyl (C=O) groups excluding carboxylic acids is 5. The first kappa shape index (κ1) is 69.4. The van der Waals surface area contributed by atoms with Crippen molar-refractivity contribution >= 4 is 95.2 Å². The molecule has 0 bridgehead atoms. The van der Waals surface area contributed by atoms with Crippen LogP contribution in [0.1, 0.15) is 91.6 Å². The van der Waals surface area contributed by atoms with Crippen LogP contribution in [0.15, 0.2) is 153 Å². The second-order valence-electron chi connectivity index (χ2n) is 25.3. The molecule has 2 aliphatic carbocycles. The van der Waals surface area contributed by atoms with Gasteiger partial charge in [0.25, 0.3) is 6.47 Å². The Bertz CT molecular complexity index is 3660.